The van der Waals surface area contributed by atoms with Crippen molar-refractivity contribution >= 4 is 59.8 Å². The standard InChI is InChI=1S/C18H16N4OS2/c1-8-9(2)13-14(19)15(25-17(13)20-10(8)3)16(23)22-18-21-11-6-4-5-7-12(11)24-18/h4-7H,19H2,1-3H3,(H,21,22,23). The average molecular weight is 368 g/mol. The monoisotopic (exact) mass is 368 g/mol. The Bertz CT molecular complexity index is 1110. The highest BCUT2D eigenvalue weighted by atomic mass is 32.1. The molecule has 0 atom stereocenters. The summed E-state index contributed by atoms with van der Waals surface area (Å²) in [6, 6.07) is 7.79. The molecule has 1 aromatic carbocycles. The Morgan fingerprint density at radius 3 is 2.60 bits per heavy atom. The molecule has 4 aromatic rings. The second-order valence-electron chi connectivity index (χ2n) is 5.91. The average Bonchev–Trinajstić information content (AvgIpc) is 3.13. The van der Waals surface area contributed by atoms with Crippen LogP contribution in [0.15, 0.2) is 24.3 Å². The lowest BCUT2D eigenvalue weighted by Gasteiger charge is -2.05. The molecule has 0 fully saturated rings. The highest BCUT2D eigenvalue weighted by Gasteiger charge is 2.21. The fourth-order valence-electron chi connectivity index (χ4n) is 2.82. The van der Waals surface area contributed by atoms with E-state index in [4.69, 9.17) is 5.73 Å². The summed E-state index contributed by atoms with van der Waals surface area (Å²) in [6.07, 6.45) is 0. The summed E-state index contributed by atoms with van der Waals surface area (Å²) in [6.45, 7) is 6.01. The predicted molar refractivity (Wildman–Crippen MR) is 106 cm³/mol. The minimum atomic E-state index is -0.241. The zero-order chi connectivity index (χ0) is 17.7. The van der Waals surface area contributed by atoms with Gasteiger partial charge in [0.1, 0.15) is 9.71 Å². The number of anilines is 2. The number of nitrogens with zero attached hydrogens (tertiary/aromatic N) is 2. The third-order valence-electron chi connectivity index (χ3n) is 4.40. The largest absolute Gasteiger partial charge is 0.397 e. The van der Waals surface area contributed by atoms with Gasteiger partial charge in [-0.05, 0) is 44.0 Å². The van der Waals surface area contributed by atoms with Gasteiger partial charge in [0.05, 0.1) is 15.9 Å². The van der Waals surface area contributed by atoms with Gasteiger partial charge in [-0.1, -0.05) is 23.5 Å². The number of hydrogen-bond acceptors (Lipinski definition) is 6. The van der Waals surface area contributed by atoms with Crippen LogP contribution in [0.5, 0.6) is 0 Å². The van der Waals surface area contributed by atoms with Gasteiger partial charge in [0.2, 0.25) is 0 Å². The number of nitrogens with one attached hydrogen (secondary N) is 1. The first-order valence-corrected chi connectivity index (χ1v) is 9.41. The molecule has 0 unspecified atom stereocenters. The fraction of sp³-hybridized carbons (Fsp3) is 0.167. The minimum absolute atomic E-state index is 0.241. The number of carbonyl (C=O) groups is 1. The number of pyridine rings is 1. The molecular weight excluding hydrogens is 352 g/mol. The van der Waals surface area contributed by atoms with Crippen LogP contribution in [0.2, 0.25) is 0 Å². The van der Waals surface area contributed by atoms with Crippen molar-refractivity contribution in [3.8, 4) is 0 Å². The Kier molecular flexibility index (Phi) is 3.70. The van der Waals surface area contributed by atoms with Gasteiger partial charge in [0, 0.05) is 11.1 Å². The molecule has 3 heterocycles. The molecule has 25 heavy (non-hydrogen) atoms. The van der Waals surface area contributed by atoms with Gasteiger partial charge >= 0.3 is 0 Å². The molecule has 3 N–H and O–H groups in total. The molecule has 7 heteroatoms. The number of nitrogens with two attached hydrogens (primary N) is 1. The number of fused-ring (bicyclic) bond motifs is 2. The van der Waals surface area contributed by atoms with Crippen LogP contribution < -0.4 is 11.1 Å². The van der Waals surface area contributed by atoms with E-state index in [-0.39, 0.29) is 5.91 Å². The van der Waals surface area contributed by atoms with E-state index in [0.717, 1.165) is 37.3 Å². The smallest absolute Gasteiger partial charge is 0.269 e. The van der Waals surface area contributed by atoms with Gasteiger partial charge in [-0.2, -0.15) is 0 Å². The summed E-state index contributed by atoms with van der Waals surface area (Å²) < 4.78 is 1.03. The number of amides is 1. The number of thiazole rings is 1. The van der Waals surface area contributed by atoms with Gasteiger partial charge < -0.3 is 5.73 Å². The number of para-hydroxylation sites is 1. The summed E-state index contributed by atoms with van der Waals surface area (Å²) in [5.41, 5.74) is 10.8. The molecule has 3 aromatic heterocycles. The summed E-state index contributed by atoms with van der Waals surface area (Å²) in [4.78, 5) is 23.0. The summed E-state index contributed by atoms with van der Waals surface area (Å²) in [5.74, 6) is -0.241. The molecule has 0 aliphatic heterocycles. The highest BCUT2D eigenvalue weighted by Crippen LogP contribution is 2.37. The van der Waals surface area contributed by atoms with Crippen LogP contribution in [0.25, 0.3) is 20.4 Å². The zero-order valence-corrected chi connectivity index (χ0v) is 15.6. The first-order chi connectivity index (χ1) is 12.0. The molecule has 0 spiro atoms. The number of aromatic nitrogens is 2. The lowest BCUT2D eigenvalue weighted by atomic mass is 10.1. The zero-order valence-electron chi connectivity index (χ0n) is 14.0. The molecule has 4 rings (SSSR count). The third-order valence-corrected chi connectivity index (χ3v) is 6.45. The molecule has 0 radical (unpaired) electrons. The van der Waals surface area contributed by atoms with Gasteiger partial charge in [-0.25, -0.2) is 9.97 Å². The van der Waals surface area contributed by atoms with E-state index in [1.165, 1.54) is 22.7 Å². The maximum atomic E-state index is 12.7. The maximum Gasteiger partial charge on any atom is 0.269 e. The molecule has 126 valence electrons. The van der Waals surface area contributed by atoms with Crippen LogP contribution in [-0.4, -0.2) is 15.9 Å². The highest BCUT2D eigenvalue weighted by molar-refractivity contribution is 7.23. The SMILES string of the molecule is Cc1nc2sc(C(=O)Nc3nc4ccccc4s3)c(N)c2c(C)c1C. The van der Waals surface area contributed by atoms with Crippen molar-refractivity contribution in [3.05, 3.63) is 46.0 Å². The third kappa shape index (κ3) is 2.56. The lowest BCUT2D eigenvalue weighted by Crippen LogP contribution is -2.11. The fourth-order valence-corrected chi connectivity index (χ4v) is 4.77. The van der Waals surface area contributed by atoms with Crippen molar-refractivity contribution in [1.82, 2.24) is 9.97 Å². The van der Waals surface area contributed by atoms with E-state index < -0.39 is 0 Å². The minimum Gasteiger partial charge on any atom is -0.397 e. The Balaban J connectivity index is 1.75. The first kappa shape index (κ1) is 16.0. The molecule has 0 aliphatic carbocycles. The maximum absolute atomic E-state index is 12.7. The van der Waals surface area contributed by atoms with E-state index in [1.807, 2.05) is 45.0 Å². The molecule has 0 aliphatic rings. The Hall–Kier alpha value is -2.51. The van der Waals surface area contributed by atoms with Crippen LogP contribution in [0.4, 0.5) is 10.8 Å². The number of hydrogen-bond donors (Lipinski definition) is 2. The quantitative estimate of drug-likeness (QED) is 0.539. The van der Waals surface area contributed by atoms with Crippen LogP contribution in [0.3, 0.4) is 0 Å². The normalized spacial score (nSPS) is 11.3. The van der Waals surface area contributed by atoms with E-state index in [0.29, 0.717) is 15.7 Å². The van der Waals surface area contributed by atoms with Crippen molar-refractivity contribution in [3.63, 3.8) is 0 Å². The van der Waals surface area contributed by atoms with E-state index >= 15 is 0 Å². The predicted octanol–water partition coefficient (Wildman–Crippen LogP) is 4.67. The second kappa shape index (κ2) is 5.79. The van der Waals surface area contributed by atoms with Gasteiger partial charge in [-0.15, -0.1) is 11.3 Å². The van der Waals surface area contributed by atoms with E-state index in [1.54, 1.807) is 0 Å². The van der Waals surface area contributed by atoms with E-state index in [9.17, 15) is 4.79 Å². The Labute approximate surface area is 152 Å². The lowest BCUT2D eigenvalue weighted by molar-refractivity contribution is 0.103. The number of aryl methyl sites for hydroxylation is 2. The molecule has 1 amide bonds. The molecular formula is C18H16N4OS2. The van der Waals surface area contributed by atoms with Crippen LogP contribution in [0.1, 0.15) is 26.5 Å². The number of carbonyl (C=O) groups excluding carboxylic acids is 1. The van der Waals surface area contributed by atoms with Crippen molar-refractivity contribution in [2.75, 3.05) is 11.1 Å². The number of rotatable bonds is 2. The summed E-state index contributed by atoms with van der Waals surface area (Å²) in [7, 11) is 0. The van der Waals surface area contributed by atoms with Crippen molar-refractivity contribution in [2.24, 2.45) is 0 Å². The van der Waals surface area contributed by atoms with E-state index in [2.05, 4.69) is 15.3 Å². The van der Waals surface area contributed by atoms with Crippen LogP contribution in [-0.2, 0) is 0 Å². The van der Waals surface area contributed by atoms with Crippen molar-refractivity contribution in [1.29, 1.82) is 0 Å². The molecule has 0 saturated carbocycles. The van der Waals surface area contributed by atoms with Crippen molar-refractivity contribution < 1.29 is 4.79 Å². The molecule has 0 bridgehead atoms. The second-order valence-corrected chi connectivity index (χ2v) is 7.94. The first-order valence-electron chi connectivity index (χ1n) is 7.78. The van der Waals surface area contributed by atoms with Gasteiger partial charge in [-0.3, -0.25) is 10.1 Å². The summed E-state index contributed by atoms with van der Waals surface area (Å²) >= 11 is 2.77. The number of nitrogen functional groups attached to an aromatic ring is 1. The van der Waals surface area contributed by atoms with Crippen molar-refractivity contribution in [2.45, 2.75) is 20.8 Å². The Morgan fingerprint density at radius 1 is 1.08 bits per heavy atom. The topological polar surface area (TPSA) is 80.9 Å². The Morgan fingerprint density at radius 2 is 1.84 bits per heavy atom. The molecule has 5 nitrogen and oxygen atoms in total. The van der Waals surface area contributed by atoms with Gasteiger partial charge in [0.15, 0.2) is 5.13 Å². The van der Waals surface area contributed by atoms with Crippen LogP contribution in [0, 0.1) is 20.8 Å². The summed E-state index contributed by atoms with van der Waals surface area (Å²) in [5, 5.41) is 4.32. The van der Waals surface area contributed by atoms with Gasteiger partial charge in [0.25, 0.3) is 5.91 Å². The molecule has 0 saturated heterocycles. The van der Waals surface area contributed by atoms with Crippen LogP contribution >= 0.6 is 22.7 Å². The number of benzene rings is 1. The number of thiophene rings is 1.